The SMILES string of the molecule is CCOc1ccc2c(c1)CC(NCCCCO)C(=O)N2c1ccc(CN2C(=O)[C@]3(O[C@H](CC(=O)N4Cc5ccccc5C[C@H]4CO)[C@@H]([Si](C)(C)O)[C@@H]3C)c3ccccc32)cc1. The Morgan fingerprint density at radius 2 is 1.66 bits per heavy atom. The van der Waals surface area contributed by atoms with Crippen LogP contribution in [0.25, 0.3) is 0 Å². The van der Waals surface area contributed by atoms with E-state index < -0.39 is 37.5 Å². The van der Waals surface area contributed by atoms with Gasteiger partial charge in [-0.1, -0.05) is 61.5 Å². The molecule has 4 N–H and O–H groups in total. The first-order valence-corrected chi connectivity index (χ1v) is 24.7. The van der Waals surface area contributed by atoms with Gasteiger partial charge in [0.25, 0.3) is 5.91 Å². The molecule has 1 fully saturated rings. The summed E-state index contributed by atoms with van der Waals surface area (Å²) < 4.78 is 12.8. The molecule has 1 unspecified atom stereocenters. The van der Waals surface area contributed by atoms with Gasteiger partial charge in [-0.2, -0.15) is 0 Å². The van der Waals surface area contributed by atoms with Crippen molar-refractivity contribution in [2.24, 2.45) is 5.92 Å². The fraction of sp³-hybridized carbons (Fsp3) is 0.438. The molecule has 322 valence electrons. The van der Waals surface area contributed by atoms with Crippen molar-refractivity contribution in [2.45, 2.75) is 101 Å². The average Bonchev–Trinajstić information content (AvgIpc) is 3.68. The van der Waals surface area contributed by atoms with E-state index in [1.165, 1.54) is 0 Å². The lowest BCUT2D eigenvalue weighted by atomic mass is 9.82. The molecule has 3 amide bonds. The van der Waals surface area contributed by atoms with Gasteiger partial charge >= 0.3 is 0 Å². The Balaban J connectivity index is 1.05. The van der Waals surface area contributed by atoms with Crippen LogP contribution in [0.4, 0.5) is 17.1 Å². The molecular formula is C48H58N4O8Si. The molecule has 0 saturated carbocycles. The van der Waals surface area contributed by atoms with Crippen LogP contribution < -0.4 is 19.9 Å². The molecule has 4 heterocycles. The predicted molar refractivity (Wildman–Crippen MR) is 236 cm³/mol. The van der Waals surface area contributed by atoms with Gasteiger partial charge in [-0.05, 0) is 111 Å². The normalized spacial score (nSPS) is 24.6. The van der Waals surface area contributed by atoms with Crippen molar-refractivity contribution in [3.8, 4) is 5.75 Å². The number of carbonyl (C=O) groups excluding carboxylic acids is 3. The summed E-state index contributed by atoms with van der Waals surface area (Å²) in [6.45, 7) is 9.31. The zero-order chi connectivity index (χ0) is 43.1. The first-order valence-electron chi connectivity index (χ1n) is 21.7. The van der Waals surface area contributed by atoms with Crippen molar-refractivity contribution < 1.29 is 38.9 Å². The Morgan fingerprint density at radius 3 is 2.38 bits per heavy atom. The van der Waals surface area contributed by atoms with Crippen LogP contribution in [0.1, 0.15) is 60.9 Å². The molecule has 4 aliphatic rings. The van der Waals surface area contributed by atoms with Gasteiger partial charge in [0.15, 0.2) is 13.9 Å². The van der Waals surface area contributed by atoms with E-state index in [1.54, 1.807) is 14.7 Å². The molecule has 0 radical (unpaired) electrons. The minimum absolute atomic E-state index is 0.0202. The lowest BCUT2D eigenvalue weighted by molar-refractivity contribution is -0.151. The van der Waals surface area contributed by atoms with Gasteiger partial charge < -0.3 is 39.6 Å². The quantitative estimate of drug-likeness (QED) is 0.0924. The molecule has 1 saturated heterocycles. The number of ether oxygens (including phenoxy) is 2. The summed E-state index contributed by atoms with van der Waals surface area (Å²) in [6.07, 6.45) is 1.74. The topological polar surface area (TPSA) is 152 Å². The van der Waals surface area contributed by atoms with Crippen LogP contribution in [0.3, 0.4) is 0 Å². The van der Waals surface area contributed by atoms with Crippen LogP contribution in [0, 0.1) is 5.92 Å². The third-order valence-electron chi connectivity index (χ3n) is 13.2. The third kappa shape index (κ3) is 7.92. The molecule has 0 bridgehead atoms. The Hall–Kier alpha value is -4.89. The number of amides is 3. The van der Waals surface area contributed by atoms with Crippen LogP contribution in [0.15, 0.2) is 91.0 Å². The highest BCUT2D eigenvalue weighted by molar-refractivity contribution is 6.71. The molecule has 4 aromatic carbocycles. The second-order valence-corrected chi connectivity index (χ2v) is 21.5. The number of fused-ring (bicyclic) bond motifs is 4. The Labute approximate surface area is 359 Å². The molecule has 0 aromatic heterocycles. The number of aliphatic hydroxyl groups is 2. The summed E-state index contributed by atoms with van der Waals surface area (Å²) in [5.41, 5.74) is 5.11. The van der Waals surface area contributed by atoms with Crippen molar-refractivity contribution in [1.29, 1.82) is 0 Å². The smallest absolute Gasteiger partial charge is 0.264 e. The second-order valence-electron chi connectivity index (χ2n) is 17.5. The summed E-state index contributed by atoms with van der Waals surface area (Å²) in [4.78, 5) is 60.5. The number of carbonyl (C=O) groups is 3. The van der Waals surface area contributed by atoms with Gasteiger partial charge in [-0.25, -0.2) is 0 Å². The van der Waals surface area contributed by atoms with Crippen LogP contribution >= 0.6 is 0 Å². The molecule has 4 aliphatic heterocycles. The van der Waals surface area contributed by atoms with E-state index in [4.69, 9.17) is 9.47 Å². The Kier molecular flexibility index (Phi) is 12.3. The van der Waals surface area contributed by atoms with E-state index in [-0.39, 0.29) is 49.9 Å². The fourth-order valence-corrected chi connectivity index (χ4v) is 12.9. The van der Waals surface area contributed by atoms with Crippen LogP contribution in [-0.2, 0) is 50.7 Å². The highest BCUT2D eigenvalue weighted by Gasteiger charge is 2.66. The summed E-state index contributed by atoms with van der Waals surface area (Å²) in [5, 5.41) is 23.0. The number of hydrogen-bond acceptors (Lipinski definition) is 9. The van der Waals surface area contributed by atoms with E-state index in [1.807, 2.05) is 118 Å². The maximum atomic E-state index is 15.1. The highest BCUT2D eigenvalue weighted by Crippen LogP contribution is 2.60. The number of benzene rings is 4. The maximum Gasteiger partial charge on any atom is 0.264 e. The standard InChI is InChI=1S/C48H58N4O8Si/c1-5-59-38-20-21-41-35(25-38)26-40(49-22-10-11-23-53)46(56)52(41)36-18-16-32(17-19-36)28-51-42-15-9-8-14-39(42)48(47(51)57)31(2)45(61(3,4)58)43(60-48)27-44(55)50-29-34-13-7-6-12-33(34)24-37(50)30-54/h6-9,12-21,25,31,37,40,43,45,49,53-54,58H,5,10-11,22-24,26-30H2,1-4H3/t31-,37-,40?,43+,45-,48+/m0/s1. The number of nitrogens with one attached hydrogen (secondary N) is 1. The molecule has 0 aliphatic carbocycles. The zero-order valence-electron chi connectivity index (χ0n) is 35.5. The molecule has 6 atom stereocenters. The number of rotatable bonds is 14. The van der Waals surface area contributed by atoms with Gasteiger partial charge in [-0.3, -0.25) is 19.3 Å². The maximum absolute atomic E-state index is 15.1. The van der Waals surface area contributed by atoms with Crippen LogP contribution in [-0.4, -0.2) is 90.5 Å². The minimum Gasteiger partial charge on any atom is -0.494 e. The van der Waals surface area contributed by atoms with Crippen molar-refractivity contribution in [3.63, 3.8) is 0 Å². The van der Waals surface area contributed by atoms with Gasteiger partial charge in [0.2, 0.25) is 11.8 Å². The van der Waals surface area contributed by atoms with E-state index in [9.17, 15) is 24.6 Å². The van der Waals surface area contributed by atoms with Crippen molar-refractivity contribution in [3.05, 3.63) is 119 Å². The van der Waals surface area contributed by atoms with Crippen LogP contribution in [0.2, 0.25) is 18.6 Å². The monoisotopic (exact) mass is 846 g/mol. The fourth-order valence-electron chi connectivity index (χ4n) is 10.4. The highest BCUT2D eigenvalue weighted by atomic mass is 28.4. The molecule has 13 heteroatoms. The Bertz CT molecular complexity index is 2260. The van der Waals surface area contributed by atoms with Gasteiger partial charge in [0, 0.05) is 35.9 Å². The molecule has 4 aromatic rings. The summed E-state index contributed by atoms with van der Waals surface area (Å²) in [7, 11) is -3.04. The second kappa shape index (κ2) is 17.5. The lowest BCUT2D eigenvalue weighted by Gasteiger charge is -2.37. The number of para-hydroxylation sites is 1. The summed E-state index contributed by atoms with van der Waals surface area (Å²) >= 11 is 0. The zero-order valence-corrected chi connectivity index (χ0v) is 36.5. The summed E-state index contributed by atoms with van der Waals surface area (Å²) in [5.74, 6) is -0.163. The predicted octanol–water partition coefficient (Wildman–Crippen LogP) is 5.72. The molecular weight excluding hydrogens is 789 g/mol. The van der Waals surface area contributed by atoms with Gasteiger partial charge in [0.05, 0.1) is 55.7 Å². The molecule has 1 spiro atoms. The first-order chi connectivity index (χ1) is 29.4. The minimum atomic E-state index is -3.04. The number of hydrogen-bond donors (Lipinski definition) is 4. The van der Waals surface area contributed by atoms with E-state index in [0.29, 0.717) is 44.6 Å². The number of anilines is 3. The van der Waals surface area contributed by atoms with Gasteiger partial charge in [-0.15, -0.1) is 0 Å². The van der Waals surface area contributed by atoms with Crippen LogP contribution in [0.5, 0.6) is 5.75 Å². The lowest BCUT2D eigenvalue weighted by Crippen LogP contribution is -2.49. The number of aliphatic hydroxyl groups excluding tert-OH is 2. The van der Waals surface area contributed by atoms with E-state index >= 15 is 4.79 Å². The molecule has 61 heavy (non-hydrogen) atoms. The van der Waals surface area contributed by atoms with Gasteiger partial charge in [0.1, 0.15) is 5.75 Å². The number of nitrogens with zero attached hydrogens (tertiary/aromatic N) is 3. The Morgan fingerprint density at radius 1 is 0.918 bits per heavy atom. The first kappa shape index (κ1) is 42.8. The third-order valence-corrected chi connectivity index (χ3v) is 15.7. The van der Waals surface area contributed by atoms with Crippen molar-refractivity contribution >= 4 is 43.1 Å². The van der Waals surface area contributed by atoms with Crippen molar-refractivity contribution in [1.82, 2.24) is 10.2 Å². The largest absolute Gasteiger partial charge is 0.494 e. The van der Waals surface area contributed by atoms with Crippen molar-refractivity contribution in [2.75, 3.05) is 36.2 Å². The van der Waals surface area contributed by atoms with E-state index in [0.717, 1.165) is 51.4 Å². The average molecular weight is 847 g/mol. The number of unbranched alkanes of at least 4 members (excludes halogenated alkanes) is 1. The molecule has 12 nitrogen and oxygen atoms in total. The summed E-state index contributed by atoms with van der Waals surface area (Å²) in [6, 6.07) is 28.3. The molecule has 8 rings (SSSR count). The van der Waals surface area contributed by atoms with E-state index in [2.05, 4.69) is 5.32 Å².